The summed E-state index contributed by atoms with van der Waals surface area (Å²) in [4.78, 5) is 12.2. The first-order valence-corrected chi connectivity index (χ1v) is 6.92. The van der Waals surface area contributed by atoms with Crippen LogP contribution in [0, 0.1) is 5.92 Å². The Morgan fingerprint density at radius 1 is 1.44 bits per heavy atom. The van der Waals surface area contributed by atoms with Gasteiger partial charge < -0.3 is 5.73 Å². The minimum Gasteiger partial charge on any atom is -0.327 e. The zero-order valence-electron chi connectivity index (χ0n) is 11.1. The molecular formula is C14H23N3O. The fourth-order valence-corrected chi connectivity index (χ4v) is 2.79. The van der Waals surface area contributed by atoms with Crippen LogP contribution >= 0.6 is 0 Å². The highest BCUT2D eigenvalue weighted by Gasteiger charge is 2.26. The molecule has 2 N–H and O–H groups in total. The SMILES string of the molecule is Cn1cc(CCC(=O)C2CCCCCC2N)cn1. The number of carbonyl (C=O) groups excluding carboxylic acids is 1. The number of ketones is 1. The van der Waals surface area contributed by atoms with Gasteiger partial charge >= 0.3 is 0 Å². The quantitative estimate of drug-likeness (QED) is 0.828. The second-order valence-corrected chi connectivity index (χ2v) is 5.40. The average molecular weight is 249 g/mol. The van der Waals surface area contributed by atoms with Crippen LogP contribution in [0.25, 0.3) is 0 Å². The summed E-state index contributed by atoms with van der Waals surface area (Å²) in [6.45, 7) is 0. The first-order valence-electron chi connectivity index (χ1n) is 6.92. The predicted octanol–water partition coefficient (Wildman–Crippen LogP) is 1.83. The zero-order valence-corrected chi connectivity index (χ0v) is 11.1. The number of Topliss-reactive ketones (excluding diaryl/α,β-unsaturated/α-hetero) is 1. The van der Waals surface area contributed by atoms with Crippen molar-refractivity contribution in [1.29, 1.82) is 0 Å². The van der Waals surface area contributed by atoms with Gasteiger partial charge in [0.2, 0.25) is 0 Å². The Kier molecular flexibility index (Phi) is 4.53. The van der Waals surface area contributed by atoms with Crippen LogP contribution in [-0.2, 0) is 18.3 Å². The summed E-state index contributed by atoms with van der Waals surface area (Å²) in [6.07, 6.45) is 10.7. The third kappa shape index (κ3) is 3.42. The maximum atomic E-state index is 12.2. The van der Waals surface area contributed by atoms with Crippen molar-refractivity contribution in [3.05, 3.63) is 18.0 Å². The molecule has 0 aliphatic heterocycles. The van der Waals surface area contributed by atoms with Crippen molar-refractivity contribution in [2.45, 2.75) is 51.0 Å². The van der Waals surface area contributed by atoms with Crippen LogP contribution < -0.4 is 5.73 Å². The molecule has 4 nitrogen and oxygen atoms in total. The first-order chi connectivity index (χ1) is 8.66. The van der Waals surface area contributed by atoms with Gasteiger partial charge in [0.1, 0.15) is 5.78 Å². The number of hydrogen-bond acceptors (Lipinski definition) is 3. The number of rotatable bonds is 4. The molecule has 2 unspecified atom stereocenters. The highest BCUT2D eigenvalue weighted by molar-refractivity contribution is 5.81. The topological polar surface area (TPSA) is 60.9 Å². The standard InChI is InChI=1S/C14H23N3O/c1-17-10-11(9-16-17)7-8-14(18)12-5-3-2-4-6-13(12)15/h9-10,12-13H,2-8,15H2,1H3. The Balaban J connectivity index is 1.86. The van der Waals surface area contributed by atoms with Crippen molar-refractivity contribution in [3.8, 4) is 0 Å². The lowest BCUT2D eigenvalue weighted by atomic mass is 9.88. The minimum atomic E-state index is 0.0777. The lowest BCUT2D eigenvalue weighted by Crippen LogP contribution is -2.34. The second kappa shape index (κ2) is 6.14. The molecule has 1 aliphatic rings. The number of aromatic nitrogens is 2. The van der Waals surface area contributed by atoms with Crippen molar-refractivity contribution in [2.75, 3.05) is 0 Å². The van der Waals surface area contributed by atoms with E-state index < -0.39 is 0 Å². The van der Waals surface area contributed by atoms with E-state index in [1.807, 2.05) is 19.4 Å². The van der Waals surface area contributed by atoms with Crippen molar-refractivity contribution < 1.29 is 4.79 Å². The Morgan fingerprint density at radius 3 is 2.94 bits per heavy atom. The molecular weight excluding hydrogens is 226 g/mol. The molecule has 0 saturated heterocycles. The number of aryl methyl sites for hydroxylation is 2. The Bertz CT molecular complexity index is 399. The van der Waals surface area contributed by atoms with Gasteiger partial charge in [-0.05, 0) is 24.8 Å². The molecule has 1 fully saturated rings. The zero-order chi connectivity index (χ0) is 13.0. The van der Waals surface area contributed by atoms with Crippen molar-refractivity contribution >= 4 is 5.78 Å². The molecule has 100 valence electrons. The molecule has 4 heteroatoms. The Labute approximate surface area is 109 Å². The molecule has 0 spiro atoms. The molecule has 18 heavy (non-hydrogen) atoms. The van der Waals surface area contributed by atoms with E-state index in [2.05, 4.69) is 5.10 Å². The lowest BCUT2D eigenvalue weighted by molar-refractivity contribution is -0.123. The van der Waals surface area contributed by atoms with Crippen LogP contribution in [0.5, 0.6) is 0 Å². The van der Waals surface area contributed by atoms with Crippen molar-refractivity contribution in [3.63, 3.8) is 0 Å². The Hall–Kier alpha value is -1.16. The van der Waals surface area contributed by atoms with E-state index >= 15 is 0 Å². The number of nitrogens with two attached hydrogens (primary N) is 1. The molecule has 0 bridgehead atoms. The maximum absolute atomic E-state index is 12.2. The third-order valence-electron chi connectivity index (χ3n) is 3.90. The van der Waals surface area contributed by atoms with Gasteiger partial charge in [-0.3, -0.25) is 9.48 Å². The summed E-state index contributed by atoms with van der Waals surface area (Å²) in [5.74, 6) is 0.428. The van der Waals surface area contributed by atoms with E-state index in [4.69, 9.17) is 5.73 Å². The van der Waals surface area contributed by atoms with E-state index in [1.54, 1.807) is 4.68 Å². The van der Waals surface area contributed by atoms with Crippen LogP contribution in [0.1, 0.15) is 44.1 Å². The molecule has 1 saturated carbocycles. The highest BCUT2D eigenvalue weighted by atomic mass is 16.1. The van der Waals surface area contributed by atoms with Gasteiger partial charge in [0.25, 0.3) is 0 Å². The summed E-state index contributed by atoms with van der Waals surface area (Å²) >= 11 is 0. The van der Waals surface area contributed by atoms with E-state index in [0.717, 1.165) is 31.2 Å². The molecule has 2 rings (SSSR count). The van der Waals surface area contributed by atoms with Gasteiger partial charge in [0.15, 0.2) is 0 Å². The monoisotopic (exact) mass is 249 g/mol. The second-order valence-electron chi connectivity index (χ2n) is 5.40. The van der Waals surface area contributed by atoms with Gasteiger partial charge in [-0.1, -0.05) is 19.3 Å². The van der Waals surface area contributed by atoms with Crippen LogP contribution in [0.3, 0.4) is 0 Å². The third-order valence-corrected chi connectivity index (χ3v) is 3.90. The van der Waals surface area contributed by atoms with E-state index in [1.165, 1.54) is 12.8 Å². The van der Waals surface area contributed by atoms with Crippen molar-refractivity contribution in [2.24, 2.45) is 18.7 Å². The number of carbonyl (C=O) groups is 1. The summed E-state index contributed by atoms with van der Waals surface area (Å²) in [5, 5.41) is 4.12. The number of hydrogen-bond donors (Lipinski definition) is 1. The van der Waals surface area contributed by atoms with Gasteiger partial charge in [0.05, 0.1) is 6.20 Å². The highest BCUT2D eigenvalue weighted by Crippen LogP contribution is 2.24. The molecule has 1 aromatic heterocycles. The summed E-state index contributed by atoms with van der Waals surface area (Å²) in [7, 11) is 1.90. The van der Waals surface area contributed by atoms with Gasteiger partial charge in [0, 0.05) is 31.6 Å². The molecule has 1 heterocycles. The fourth-order valence-electron chi connectivity index (χ4n) is 2.79. The van der Waals surface area contributed by atoms with Gasteiger partial charge in [-0.2, -0.15) is 5.10 Å². The van der Waals surface area contributed by atoms with Crippen LogP contribution in [0.2, 0.25) is 0 Å². The summed E-state index contributed by atoms with van der Waals surface area (Å²) in [6, 6.07) is 0.0777. The molecule has 1 aromatic rings. The average Bonchev–Trinajstić information content (AvgIpc) is 2.64. The van der Waals surface area contributed by atoms with Gasteiger partial charge in [-0.25, -0.2) is 0 Å². The largest absolute Gasteiger partial charge is 0.327 e. The smallest absolute Gasteiger partial charge is 0.137 e. The van der Waals surface area contributed by atoms with Crippen LogP contribution in [0.15, 0.2) is 12.4 Å². The first kappa shape index (κ1) is 13.3. The predicted molar refractivity (Wildman–Crippen MR) is 71.1 cm³/mol. The molecule has 1 aliphatic carbocycles. The maximum Gasteiger partial charge on any atom is 0.137 e. The van der Waals surface area contributed by atoms with Crippen LogP contribution in [0.4, 0.5) is 0 Å². The van der Waals surface area contributed by atoms with Crippen molar-refractivity contribution in [1.82, 2.24) is 9.78 Å². The molecule has 0 radical (unpaired) electrons. The Morgan fingerprint density at radius 2 is 2.22 bits per heavy atom. The summed E-state index contributed by atoms with van der Waals surface area (Å²) in [5.41, 5.74) is 7.25. The van der Waals surface area contributed by atoms with E-state index in [9.17, 15) is 4.79 Å². The van der Waals surface area contributed by atoms with E-state index in [0.29, 0.717) is 12.2 Å². The van der Waals surface area contributed by atoms with E-state index in [-0.39, 0.29) is 12.0 Å². The fraction of sp³-hybridized carbons (Fsp3) is 0.714. The summed E-state index contributed by atoms with van der Waals surface area (Å²) < 4.78 is 1.77. The molecule has 2 atom stereocenters. The molecule has 0 aromatic carbocycles. The number of nitrogens with zero attached hydrogens (tertiary/aromatic N) is 2. The van der Waals surface area contributed by atoms with Gasteiger partial charge in [-0.15, -0.1) is 0 Å². The normalized spacial score (nSPS) is 24.8. The molecule has 0 amide bonds. The van der Waals surface area contributed by atoms with Crippen LogP contribution in [-0.4, -0.2) is 21.6 Å². The lowest BCUT2D eigenvalue weighted by Gasteiger charge is -2.19. The minimum absolute atomic E-state index is 0.0777.